The molecule has 0 aliphatic heterocycles. The number of aryl methyl sites for hydroxylation is 1. The van der Waals surface area contributed by atoms with Crippen molar-refractivity contribution in [2.75, 3.05) is 5.73 Å². The second kappa shape index (κ2) is 5.33. The quantitative estimate of drug-likeness (QED) is 0.837. The lowest BCUT2D eigenvalue weighted by Crippen LogP contribution is -2.13. The Balaban J connectivity index is 2.54. The zero-order chi connectivity index (χ0) is 15.8. The van der Waals surface area contributed by atoms with E-state index in [9.17, 15) is 22.7 Å². The molecular weight excluding hydrogens is 288 g/mol. The van der Waals surface area contributed by atoms with Gasteiger partial charge in [0, 0.05) is 17.3 Å². The summed E-state index contributed by atoms with van der Waals surface area (Å²) >= 11 is 0. The Morgan fingerprint density at radius 3 is 2.52 bits per heavy atom. The van der Waals surface area contributed by atoms with Crippen LogP contribution in [0.4, 0.5) is 23.4 Å². The Kier molecular flexibility index (Phi) is 3.87. The largest absolute Gasteiger partial charge is 0.419 e. The summed E-state index contributed by atoms with van der Waals surface area (Å²) in [4.78, 5) is 3.80. The number of nitrogens with zero attached hydrogens (tertiary/aromatic N) is 1. The lowest BCUT2D eigenvalue weighted by Gasteiger charge is -2.17. The van der Waals surface area contributed by atoms with Crippen LogP contribution in [0.25, 0.3) is 0 Å². The zero-order valence-electron chi connectivity index (χ0n) is 10.9. The van der Waals surface area contributed by atoms with Gasteiger partial charge in [-0.15, -0.1) is 0 Å². The molecule has 0 radical (unpaired) electrons. The molecule has 0 saturated heterocycles. The minimum absolute atomic E-state index is 0.0632. The summed E-state index contributed by atoms with van der Waals surface area (Å²) in [5.74, 6) is -1.58. The molecule has 112 valence electrons. The summed E-state index contributed by atoms with van der Waals surface area (Å²) in [6.45, 7) is 1.67. The number of alkyl halides is 3. The highest BCUT2D eigenvalue weighted by Gasteiger charge is 2.36. The van der Waals surface area contributed by atoms with Crippen LogP contribution in [-0.4, -0.2) is 10.1 Å². The molecule has 21 heavy (non-hydrogen) atoms. The highest BCUT2D eigenvalue weighted by Crippen LogP contribution is 2.36. The average molecular weight is 300 g/mol. The van der Waals surface area contributed by atoms with Crippen LogP contribution in [-0.2, 0) is 6.18 Å². The van der Waals surface area contributed by atoms with E-state index in [1.54, 1.807) is 6.92 Å². The minimum atomic E-state index is -4.84. The van der Waals surface area contributed by atoms with E-state index in [-0.39, 0.29) is 11.4 Å². The van der Waals surface area contributed by atoms with E-state index >= 15 is 0 Å². The number of halogens is 4. The predicted molar refractivity (Wildman–Crippen MR) is 68.9 cm³/mol. The van der Waals surface area contributed by atoms with Crippen molar-refractivity contribution in [1.29, 1.82) is 0 Å². The molecule has 2 aromatic rings. The van der Waals surface area contributed by atoms with Gasteiger partial charge in [-0.3, -0.25) is 0 Å². The first-order chi connectivity index (χ1) is 9.71. The molecule has 0 saturated carbocycles. The van der Waals surface area contributed by atoms with Crippen molar-refractivity contribution in [3.63, 3.8) is 0 Å². The van der Waals surface area contributed by atoms with Crippen molar-refractivity contribution in [3.8, 4) is 0 Å². The molecule has 1 atom stereocenters. The molecule has 0 aliphatic carbocycles. The summed E-state index contributed by atoms with van der Waals surface area (Å²) in [5.41, 5.74) is 4.36. The van der Waals surface area contributed by atoms with Crippen LogP contribution in [0.3, 0.4) is 0 Å². The molecule has 3 nitrogen and oxygen atoms in total. The van der Waals surface area contributed by atoms with Crippen LogP contribution in [0.1, 0.15) is 28.4 Å². The van der Waals surface area contributed by atoms with Crippen LogP contribution in [0.15, 0.2) is 30.5 Å². The fraction of sp³-hybridized carbons (Fsp3) is 0.214. The van der Waals surface area contributed by atoms with Gasteiger partial charge in [0.1, 0.15) is 17.7 Å². The molecule has 0 aliphatic rings. The average Bonchev–Trinajstić information content (AvgIpc) is 2.39. The Morgan fingerprint density at radius 1 is 1.24 bits per heavy atom. The number of hydrogen-bond donors (Lipinski definition) is 2. The fourth-order valence-electron chi connectivity index (χ4n) is 1.97. The van der Waals surface area contributed by atoms with Crippen LogP contribution in [0.5, 0.6) is 0 Å². The normalized spacial score (nSPS) is 13.2. The molecular formula is C14H12F4N2O. The van der Waals surface area contributed by atoms with Gasteiger partial charge >= 0.3 is 6.18 Å². The van der Waals surface area contributed by atoms with Crippen LogP contribution < -0.4 is 5.73 Å². The number of aromatic nitrogens is 1. The number of anilines is 1. The van der Waals surface area contributed by atoms with E-state index in [1.807, 2.05) is 0 Å². The van der Waals surface area contributed by atoms with Gasteiger partial charge in [0.25, 0.3) is 0 Å². The fourth-order valence-corrected chi connectivity index (χ4v) is 1.97. The van der Waals surface area contributed by atoms with Gasteiger partial charge in [-0.25, -0.2) is 9.37 Å². The maximum absolute atomic E-state index is 14.0. The van der Waals surface area contributed by atoms with E-state index in [0.29, 0.717) is 11.6 Å². The Hall–Kier alpha value is -2.15. The molecule has 2 rings (SSSR count). The van der Waals surface area contributed by atoms with E-state index in [0.717, 1.165) is 12.1 Å². The standard InChI is InChI=1S/C14H12F4N2O/c1-7-5-9(13(19)20-6-7)12(21)8-3-2-4-10(11(8)15)14(16,17)18/h2-6,12,21H,1H3,(H2,19,20). The van der Waals surface area contributed by atoms with Crippen molar-refractivity contribution in [1.82, 2.24) is 4.98 Å². The number of nitrogen functional groups attached to an aromatic ring is 1. The van der Waals surface area contributed by atoms with Gasteiger partial charge in [0.05, 0.1) is 5.56 Å². The SMILES string of the molecule is Cc1cnc(N)c(C(O)c2cccc(C(F)(F)F)c2F)c1. The number of aliphatic hydroxyl groups excluding tert-OH is 1. The minimum Gasteiger partial charge on any atom is -0.383 e. The van der Waals surface area contributed by atoms with Gasteiger partial charge in [-0.05, 0) is 24.6 Å². The van der Waals surface area contributed by atoms with E-state index in [2.05, 4.69) is 4.98 Å². The first-order valence-electron chi connectivity index (χ1n) is 5.97. The molecule has 1 aromatic heterocycles. The van der Waals surface area contributed by atoms with Gasteiger partial charge in [0.15, 0.2) is 0 Å². The van der Waals surface area contributed by atoms with Crippen LogP contribution in [0, 0.1) is 12.7 Å². The first-order valence-corrected chi connectivity index (χ1v) is 5.97. The van der Waals surface area contributed by atoms with E-state index < -0.39 is 29.2 Å². The third-order valence-electron chi connectivity index (χ3n) is 3.01. The van der Waals surface area contributed by atoms with Gasteiger partial charge in [0.2, 0.25) is 0 Å². The van der Waals surface area contributed by atoms with Crippen LogP contribution >= 0.6 is 0 Å². The molecule has 1 unspecified atom stereocenters. The number of rotatable bonds is 2. The number of aliphatic hydroxyl groups is 1. The topological polar surface area (TPSA) is 59.1 Å². The Morgan fingerprint density at radius 2 is 1.90 bits per heavy atom. The molecule has 0 spiro atoms. The summed E-state index contributed by atoms with van der Waals surface area (Å²) in [6, 6.07) is 4.18. The highest BCUT2D eigenvalue weighted by atomic mass is 19.4. The van der Waals surface area contributed by atoms with Gasteiger partial charge < -0.3 is 10.8 Å². The smallest absolute Gasteiger partial charge is 0.383 e. The molecule has 3 N–H and O–H groups in total. The third-order valence-corrected chi connectivity index (χ3v) is 3.01. The number of pyridine rings is 1. The number of benzene rings is 1. The Labute approximate surface area is 118 Å². The lowest BCUT2D eigenvalue weighted by atomic mass is 9.98. The maximum Gasteiger partial charge on any atom is 0.419 e. The van der Waals surface area contributed by atoms with E-state index in [1.165, 1.54) is 12.3 Å². The maximum atomic E-state index is 14.0. The number of hydrogen-bond acceptors (Lipinski definition) is 3. The third kappa shape index (κ3) is 2.97. The monoisotopic (exact) mass is 300 g/mol. The summed E-state index contributed by atoms with van der Waals surface area (Å²) in [6.07, 6.45) is -5.02. The Bertz CT molecular complexity index is 671. The molecule has 1 aromatic carbocycles. The van der Waals surface area contributed by atoms with E-state index in [4.69, 9.17) is 5.73 Å². The van der Waals surface area contributed by atoms with Gasteiger partial charge in [-0.1, -0.05) is 12.1 Å². The second-order valence-corrected chi connectivity index (χ2v) is 4.60. The van der Waals surface area contributed by atoms with Crippen molar-refractivity contribution >= 4 is 5.82 Å². The van der Waals surface area contributed by atoms with Crippen molar-refractivity contribution in [2.24, 2.45) is 0 Å². The van der Waals surface area contributed by atoms with Crippen LogP contribution in [0.2, 0.25) is 0 Å². The highest BCUT2D eigenvalue weighted by molar-refractivity contribution is 5.47. The number of nitrogens with two attached hydrogens (primary N) is 1. The molecule has 0 amide bonds. The lowest BCUT2D eigenvalue weighted by molar-refractivity contribution is -0.140. The zero-order valence-corrected chi connectivity index (χ0v) is 10.9. The van der Waals surface area contributed by atoms with Crippen molar-refractivity contribution in [3.05, 3.63) is 58.5 Å². The summed E-state index contributed by atoms with van der Waals surface area (Å²) in [7, 11) is 0. The summed E-state index contributed by atoms with van der Waals surface area (Å²) in [5, 5.41) is 10.1. The molecule has 1 heterocycles. The molecule has 0 fully saturated rings. The van der Waals surface area contributed by atoms with Crippen molar-refractivity contribution in [2.45, 2.75) is 19.2 Å². The summed E-state index contributed by atoms with van der Waals surface area (Å²) < 4.78 is 52.0. The molecule has 7 heteroatoms. The predicted octanol–water partition coefficient (Wildman–Crippen LogP) is 3.21. The second-order valence-electron chi connectivity index (χ2n) is 4.60. The first kappa shape index (κ1) is 15.2. The van der Waals surface area contributed by atoms with Crippen molar-refractivity contribution < 1.29 is 22.7 Å². The van der Waals surface area contributed by atoms with Gasteiger partial charge in [-0.2, -0.15) is 13.2 Å². The molecule has 0 bridgehead atoms.